The molecular weight excluding hydrogens is 298 g/mol. The lowest BCUT2D eigenvalue weighted by atomic mass is 10.2. The Morgan fingerprint density at radius 2 is 2.27 bits per heavy atom. The van der Waals surface area contributed by atoms with Gasteiger partial charge < -0.3 is 15.4 Å². The van der Waals surface area contributed by atoms with Crippen molar-refractivity contribution in [3.63, 3.8) is 0 Å². The maximum atomic E-state index is 11.8. The van der Waals surface area contributed by atoms with Crippen molar-refractivity contribution in [1.29, 1.82) is 0 Å². The van der Waals surface area contributed by atoms with Gasteiger partial charge in [0.05, 0.1) is 11.2 Å². The lowest BCUT2D eigenvalue weighted by Crippen LogP contribution is -2.29. The highest BCUT2D eigenvalue weighted by Crippen LogP contribution is 2.18. The first-order valence-corrected chi connectivity index (χ1v) is 8.37. The number of ether oxygens (including phenoxy) is 1. The average molecular weight is 319 g/mol. The molecule has 0 spiro atoms. The van der Waals surface area contributed by atoms with Crippen molar-refractivity contribution in [2.24, 2.45) is 0 Å². The Labute approximate surface area is 134 Å². The predicted molar refractivity (Wildman–Crippen MR) is 89.4 cm³/mol. The minimum atomic E-state index is -0.187. The van der Waals surface area contributed by atoms with E-state index in [-0.39, 0.29) is 6.03 Å². The number of carbonyl (C=O) groups excluding carboxylic acids is 1. The SMILES string of the molecule is CCCCCNC(=O)Nc1cccc(OCc2cscn2)c1. The lowest BCUT2D eigenvalue weighted by Gasteiger charge is -2.09. The van der Waals surface area contributed by atoms with E-state index in [4.69, 9.17) is 4.74 Å². The second-order valence-electron chi connectivity index (χ2n) is 4.88. The van der Waals surface area contributed by atoms with Gasteiger partial charge in [0.1, 0.15) is 12.4 Å². The number of rotatable bonds is 8. The molecule has 5 nitrogen and oxygen atoms in total. The van der Waals surface area contributed by atoms with Crippen LogP contribution in [0.2, 0.25) is 0 Å². The molecule has 0 aliphatic carbocycles. The van der Waals surface area contributed by atoms with Gasteiger partial charge >= 0.3 is 6.03 Å². The Bertz CT molecular complexity index is 573. The van der Waals surface area contributed by atoms with Crippen LogP contribution < -0.4 is 15.4 Å². The fourth-order valence-corrected chi connectivity index (χ4v) is 2.43. The van der Waals surface area contributed by atoms with E-state index in [1.54, 1.807) is 22.9 Å². The van der Waals surface area contributed by atoms with Crippen LogP contribution in [0.15, 0.2) is 35.2 Å². The van der Waals surface area contributed by atoms with Crippen molar-refractivity contribution in [3.05, 3.63) is 40.8 Å². The van der Waals surface area contributed by atoms with Gasteiger partial charge in [0.15, 0.2) is 0 Å². The first-order chi connectivity index (χ1) is 10.8. The zero-order valence-corrected chi connectivity index (χ0v) is 13.5. The number of urea groups is 1. The summed E-state index contributed by atoms with van der Waals surface area (Å²) in [5.41, 5.74) is 3.39. The first kappa shape index (κ1) is 16.3. The first-order valence-electron chi connectivity index (χ1n) is 7.42. The maximum absolute atomic E-state index is 11.8. The van der Waals surface area contributed by atoms with Crippen LogP contribution in [-0.2, 0) is 6.61 Å². The number of thiazole rings is 1. The van der Waals surface area contributed by atoms with Crippen molar-refractivity contribution in [2.75, 3.05) is 11.9 Å². The van der Waals surface area contributed by atoms with Gasteiger partial charge in [-0.3, -0.25) is 0 Å². The molecule has 6 heteroatoms. The topological polar surface area (TPSA) is 63.2 Å². The van der Waals surface area contributed by atoms with Gasteiger partial charge in [0.25, 0.3) is 0 Å². The van der Waals surface area contributed by atoms with E-state index in [9.17, 15) is 4.79 Å². The molecule has 22 heavy (non-hydrogen) atoms. The van der Waals surface area contributed by atoms with E-state index >= 15 is 0 Å². The van der Waals surface area contributed by atoms with Crippen molar-refractivity contribution < 1.29 is 9.53 Å². The summed E-state index contributed by atoms with van der Waals surface area (Å²) in [6, 6.07) is 7.16. The van der Waals surface area contributed by atoms with Gasteiger partial charge in [0.2, 0.25) is 0 Å². The quantitative estimate of drug-likeness (QED) is 0.722. The predicted octanol–water partition coefficient (Wildman–Crippen LogP) is 4.03. The number of nitrogens with zero attached hydrogens (tertiary/aromatic N) is 1. The summed E-state index contributed by atoms with van der Waals surface area (Å²) in [6.45, 7) is 3.26. The molecule has 0 aliphatic heterocycles. The molecule has 2 N–H and O–H groups in total. The van der Waals surface area contributed by atoms with Crippen molar-refractivity contribution in [2.45, 2.75) is 32.8 Å². The molecule has 1 aromatic heterocycles. The Morgan fingerprint density at radius 3 is 3.05 bits per heavy atom. The van der Waals surface area contributed by atoms with Crippen LogP contribution >= 0.6 is 11.3 Å². The average Bonchev–Trinajstić information content (AvgIpc) is 3.03. The normalized spacial score (nSPS) is 10.2. The molecular formula is C16H21N3O2S. The molecule has 0 saturated heterocycles. The summed E-state index contributed by atoms with van der Waals surface area (Å²) < 4.78 is 5.66. The highest BCUT2D eigenvalue weighted by atomic mass is 32.1. The minimum Gasteiger partial charge on any atom is -0.487 e. The van der Waals surface area contributed by atoms with Crippen LogP contribution in [0.4, 0.5) is 10.5 Å². The van der Waals surface area contributed by atoms with Crippen LogP contribution in [0.5, 0.6) is 5.75 Å². The minimum absolute atomic E-state index is 0.187. The zero-order chi connectivity index (χ0) is 15.6. The fourth-order valence-electron chi connectivity index (χ4n) is 1.88. The summed E-state index contributed by atoms with van der Waals surface area (Å²) in [5.74, 6) is 0.705. The van der Waals surface area contributed by atoms with Gasteiger partial charge in [-0.25, -0.2) is 9.78 Å². The smallest absolute Gasteiger partial charge is 0.319 e. The third-order valence-electron chi connectivity index (χ3n) is 3.03. The van der Waals surface area contributed by atoms with Gasteiger partial charge in [-0.05, 0) is 18.6 Å². The third-order valence-corrected chi connectivity index (χ3v) is 3.66. The van der Waals surface area contributed by atoms with E-state index < -0.39 is 0 Å². The molecule has 118 valence electrons. The van der Waals surface area contributed by atoms with Gasteiger partial charge in [0, 0.05) is 23.7 Å². The molecule has 0 unspecified atom stereocenters. The number of nitrogens with one attached hydrogen (secondary N) is 2. The molecule has 2 amide bonds. The number of hydrogen-bond acceptors (Lipinski definition) is 4. The molecule has 0 bridgehead atoms. The van der Waals surface area contributed by atoms with Crippen LogP contribution in [0, 0.1) is 0 Å². The number of aromatic nitrogens is 1. The molecule has 2 aromatic rings. The summed E-state index contributed by atoms with van der Waals surface area (Å²) in [5, 5.41) is 7.60. The summed E-state index contributed by atoms with van der Waals surface area (Å²) >= 11 is 1.54. The van der Waals surface area contributed by atoms with E-state index in [1.165, 1.54) is 0 Å². The molecule has 0 fully saturated rings. The highest BCUT2D eigenvalue weighted by Gasteiger charge is 2.03. The van der Waals surface area contributed by atoms with Gasteiger partial charge in [-0.2, -0.15) is 0 Å². The second-order valence-corrected chi connectivity index (χ2v) is 5.60. The monoisotopic (exact) mass is 319 g/mol. The Morgan fingerprint density at radius 1 is 1.36 bits per heavy atom. The van der Waals surface area contributed by atoms with E-state index in [1.807, 2.05) is 23.6 Å². The second kappa shape index (κ2) is 9.04. The van der Waals surface area contributed by atoms with E-state index in [0.29, 0.717) is 24.6 Å². The van der Waals surface area contributed by atoms with Gasteiger partial charge in [-0.15, -0.1) is 11.3 Å². The lowest BCUT2D eigenvalue weighted by molar-refractivity contribution is 0.252. The Balaban J connectivity index is 1.79. The van der Waals surface area contributed by atoms with Crippen LogP contribution in [0.3, 0.4) is 0 Å². The number of amides is 2. The molecule has 0 radical (unpaired) electrons. The third kappa shape index (κ3) is 5.73. The van der Waals surface area contributed by atoms with E-state index in [2.05, 4.69) is 22.5 Å². The summed E-state index contributed by atoms with van der Waals surface area (Å²) in [4.78, 5) is 15.9. The summed E-state index contributed by atoms with van der Waals surface area (Å²) in [6.07, 6.45) is 3.27. The molecule has 2 rings (SSSR count). The number of hydrogen-bond donors (Lipinski definition) is 2. The van der Waals surface area contributed by atoms with Crippen LogP contribution in [0.25, 0.3) is 0 Å². The van der Waals surface area contributed by atoms with Crippen molar-refractivity contribution in [1.82, 2.24) is 10.3 Å². The number of unbranched alkanes of at least 4 members (excludes halogenated alkanes) is 2. The number of anilines is 1. The van der Waals surface area contributed by atoms with Crippen molar-refractivity contribution >= 4 is 23.1 Å². The molecule has 0 saturated carbocycles. The van der Waals surface area contributed by atoms with Crippen LogP contribution in [-0.4, -0.2) is 17.6 Å². The molecule has 0 atom stereocenters. The Hall–Kier alpha value is -2.08. The summed E-state index contributed by atoms with van der Waals surface area (Å²) in [7, 11) is 0. The van der Waals surface area contributed by atoms with E-state index in [0.717, 1.165) is 25.0 Å². The van der Waals surface area contributed by atoms with Gasteiger partial charge in [-0.1, -0.05) is 25.8 Å². The highest BCUT2D eigenvalue weighted by molar-refractivity contribution is 7.07. The standard InChI is InChI=1S/C16H21N3O2S/c1-2-3-4-8-17-16(20)19-13-6-5-7-15(9-13)21-10-14-11-22-12-18-14/h5-7,9,11-12H,2-4,8,10H2,1H3,(H2,17,19,20). The maximum Gasteiger partial charge on any atom is 0.319 e. The molecule has 1 heterocycles. The largest absolute Gasteiger partial charge is 0.487 e. The molecule has 1 aromatic carbocycles. The number of benzene rings is 1. The zero-order valence-electron chi connectivity index (χ0n) is 12.7. The van der Waals surface area contributed by atoms with Crippen molar-refractivity contribution in [3.8, 4) is 5.75 Å². The Kier molecular flexibility index (Phi) is 6.70. The molecule has 0 aliphatic rings. The number of carbonyl (C=O) groups is 1. The fraction of sp³-hybridized carbons (Fsp3) is 0.375. The van der Waals surface area contributed by atoms with Crippen LogP contribution in [0.1, 0.15) is 31.9 Å².